The fourth-order valence-electron chi connectivity index (χ4n) is 6.35. The maximum absolute atomic E-state index is 10.9. The molecule has 0 saturated heterocycles. The summed E-state index contributed by atoms with van der Waals surface area (Å²) in [6.07, 6.45) is 40.0. The van der Waals surface area contributed by atoms with Gasteiger partial charge in [-0.15, -0.1) is 0 Å². The maximum atomic E-state index is 10.9. The molecule has 14 heteroatoms. The Morgan fingerprint density at radius 2 is 0.569 bits per heavy atom. The number of ether oxygens (including phenoxy) is 2. The van der Waals surface area contributed by atoms with Crippen molar-refractivity contribution in [3.8, 4) is 0 Å². The van der Waals surface area contributed by atoms with Gasteiger partial charge in [-0.1, -0.05) is 60.7 Å². The van der Waals surface area contributed by atoms with Crippen LogP contribution in [0.3, 0.4) is 0 Å². The number of hydrogen-bond acceptors (Lipinski definition) is 8. The summed E-state index contributed by atoms with van der Waals surface area (Å²) in [5.74, 6) is -6.19. The number of carboxylic acid groups (broad SMARTS) is 4. The summed E-state index contributed by atoms with van der Waals surface area (Å²) in [4.78, 5) is 61.2. The molecule has 0 bridgehead atoms. The molecule has 12 nitrogen and oxygen atoms in total. The molecule has 0 heterocycles. The van der Waals surface area contributed by atoms with Crippen molar-refractivity contribution in [3.63, 3.8) is 0 Å². The molecule has 2 rings (SSSR count). The summed E-state index contributed by atoms with van der Waals surface area (Å²) >= 11 is 0.147. The molecule has 2 aromatic carbocycles. The predicted molar refractivity (Wildman–Crippen MR) is 295 cm³/mol. The van der Waals surface area contributed by atoms with Crippen molar-refractivity contribution in [3.05, 3.63) is 108 Å². The number of benzene rings is 2. The van der Waals surface area contributed by atoms with E-state index >= 15 is 0 Å². The molecule has 4 N–H and O–H groups in total. The van der Waals surface area contributed by atoms with E-state index in [0.717, 1.165) is 35.4 Å². The fraction of sp³-hybridized carbons (Fsp3) is 0.586. The number of carbonyl (C=O) groups is 6. The van der Waals surface area contributed by atoms with Crippen molar-refractivity contribution >= 4 is 78.1 Å². The minimum atomic E-state index is -1.26. The number of esters is 2. The average molecular weight is 1220 g/mol. The minimum absolute atomic E-state index is 0.0736. The number of aliphatic carboxylic acids is 4. The van der Waals surface area contributed by atoms with Gasteiger partial charge >= 0.3 is 278 Å². The van der Waals surface area contributed by atoms with Crippen molar-refractivity contribution in [1.82, 2.24) is 0 Å². The second kappa shape index (κ2) is 59.6. The second-order valence-corrected chi connectivity index (χ2v) is 25.7. The Hall–Kier alpha value is -3.92. The first-order chi connectivity index (χ1) is 34.8. The Balaban J connectivity index is -0.000000840. The van der Waals surface area contributed by atoms with Gasteiger partial charge in [-0.25, -0.2) is 28.8 Å². The van der Waals surface area contributed by atoms with E-state index in [4.69, 9.17) is 29.9 Å². The third-order valence-corrected chi connectivity index (χ3v) is 18.4. The average Bonchev–Trinajstić information content (AvgIpc) is 3.37. The molecule has 0 aliphatic heterocycles. The van der Waals surface area contributed by atoms with Crippen molar-refractivity contribution in [2.24, 2.45) is 0 Å². The van der Waals surface area contributed by atoms with Crippen LogP contribution < -0.4 is 0 Å². The quantitative estimate of drug-likeness (QED) is 0.0215. The van der Waals surface area contributed by atoms with E-state index in [1.165, 1.54) is 128 Å². The number of rotatable bonds is 38. The Kier molecular flexibility index (Phi) is 59.9. The van der Waals surface area contributed by atoms with E-state index in [-0.39, 0.29) is 55.5 Å². The van der Waals surface area contributed by atoms with Crippen LogP contribution in [-0.4, -0.2) is 98.5 Å². The fourth-order valence-corrected chi connectivity index (χ4v) is 13.5. The second-order valence-electron chi connectivity index (χ2n) is 17.1. The molecule has 0 fully saturated rings. The first-order valence-electron chi connectivity index (χ1n) is 26.6. The molecule has 0 aromatic heterocycles. The number of unbranched alkanes of at least 4 members (excludes halogenated alkanes) is 20. The Morgan fingerprint density at radius 3 is 0.806 bits per heavy atom. The smallest absolute Gasteiger partial charge is 0.331 e. The molecule has 0 saturated carbocycles. The largest absolute Gasteiger partial charge is 0.478 e. The SMILES string of the molecule is CCCCCCC[CH2][Sn][CH2]CCCCCCC.CCCCCCC[CH2][Sn][CH2]CCCCCCC.O=C(O)/C=C\C(=O)O.O=C(O)/C=C\C(=O)OCc1ccccc1.O=C(O)/C=C\C(=O)OCc1ccccc1. The van der Waals surface area contributed by atoms with Crippen LogP contribution in [0.25, 0.3) is 0 Å². The summed E-state index contributed by atoms with van der Waals surface area (Å²) in [6, 6.07) is 18.3. The normalized spacial score (nSPS) is 10.4. The zero-order chi connectivity index (χ0) is 54.0. The molecule has 404 valence electrons. The molecule has 2 aromatic rings. The van der Waals surface area contributed by atoms with Crippen molar-refractivity contribution in [1.29, 1.82) is 0 Å². The summed E-state index contributed by atoms with van der Waals surface area (Å²) in [5, 5.41) is 32.1. The number of carbonyl (C=O) groups excluding carboxylic acids is 2. The summed E-state index contributed by atoms with van der Waals surface area (Å²) < 4.78 is 16.2. The molecule has 0 aliphatic rings. The Morgan fingerprint density at radius 1 is 0.347 bits per heavy atom. The van der Waals surface area contributed by atoms with Gasteiger partial charge in [0.2, 0.25) is 0 Å². The molecular formula is C58H92O12Sn2. The zero-order valence-corrected chi connectivity index (χ0v) is 50.2. The van der Waals surface area contributed by atoms with Gasteiger partial charge in [-0.3, -0.25) is 0 Å². The maximum Gasteiger partial charge on any atom is 0.331 e. The molecule has 0 atom stereocenters. The van der Waals surface area contributed by atoms with Gasteiger partial charge in [0, 0.05) is 36.5 Å². The number of carboxylic acids is 4. The molecule has 72 heavy (non-hydrogen) atoms. The van der Waals surface area contributed by atoms with Gasteiger partial charge in [0.1, 0.15) is 13.2 Å². The Labute approximate surface area is 454 Å². The van der Waals surface area contributed by atoms with Crippen molar-refractivity contribution in [2.45, 2.75) is 213 Å². The van der Waals surface area contributed by atoms with E-state index in [9.17, 15) is 28.8 Å². The van der Waals surface area contributed by atoms with Crippen LogP contribution in [0.5, 0.6) is 0 Å². The topological polar surface area (TPSA) is 202 Å². The van der Waals surface area contributed by atoms with Gasteiger partial charge in [-0.05, 0) is 11.1 Å². The first-order valence-corrected chi connectivity index (χ1v) is 34.7. The van der Waals surface area contributed by atoms with Gasteiger partial charge in [0.15, 0.2) is 0 Å². The van der Waals surface area contributed by atoms with Gasteiger partial charge in [0.25, 0.3) is 0 Å². The molecular weight excluding hydrogens is 1130 g/mol. The number of hydrogen-bond donors (Lipinski definition) is 4. The summed E-state index contributed by atoms with van der Waals surface area (Å²) in [7, 11) is 0. The molecule has 0 spiro atoms. The van der Waals surface area contributed by atoms with Crippen LogP contribution in [0.2, 0.25) is 17.7 Å². The summed E-state index contributed by atoms with van der Waals surface area (Å²) in [6.45, 7) is 9.49. The van der Waals surface area contributed by atoms with E-state index in [2.05, 4.69) is 27.7 Å². The molecule has 0 amide bonds. The summed E-state index contributed by atoms with van der Waals surface area (Å²) in [5.41, 5.74) is 1.71. The van der Waals surface area contributed by atoms with E-state index < -0.39 is 35.8 Å². The van der Waals surface area contributed by atoms with Crippen LogP contribution in [0.15, 0.2) is 97.1 Å². The van der Waals surface area contributed by atoms with E-state index in [0.29, 0.717) is 12.2 Å². The van der Waals surface area contributed by atoms with Gasteiger partial charge in [0.05, 0.1) is 0 Å². The Bertz CT molecular complexity index is 1520. The van der Waals surface area contributed by atoms with E-state index in [1.807, 2.05) is 60.7 Å². The molecule has 4 radical (unpaired) electrons. The predicted octanol–water partition coefficient (Wildman–Crippen LogP) is 14.9. The van der Waals surface area contributed by atoms with Crippen molar-refractivity contribution in [2.75, 3.05) is 0 Å². The van der Waals surface area contributed by atoms with Crippen LogP contribution in [0.1, 0.15) is 193 Å². The standard InChI is InChI=1S/2C11H10O4.4C8H17.C4H4O4.2Sn/c2*12-10(13)6-7-11(14)15-8-9-4-2-1-3-5-9;4*1-3-5-7-8-6-4-2;5-3(6)1-2-4(7)8;;/h2*1-7H,8H2,(H,12,13);4*1,3-8H2,2H3;1-2H,(H,5,6)(H,7,8);;/b2*7-6-;;;;;2-1-;;. The first kappa shape index (κ1) is 72.3. The van der Waals surface area contributed by atoms with Crippen molar-refractivity contribution < 1.29 is 58.7 Å². The van der Waals surface area contributed by atoms with Gasteiger partial charge < -0.3 is 29.9 Å². The monoisotopic (exact) mass is 1220 g/mol. The minimum Gasteiger partial charge on any atom is -0.478 e. The zero-order valence-electron chi connectivity index (χ0n) is 44.5. The molecule has 0 unspecified atom stereocenters. The van der Waals surface area contributed by atoms with Gasteiger partial charge in [-0.2, -0.15) is 0 Å². The van der Waals surface area contributed by atoms with Crippen LogP contribution in [0.4, 0.5) is 0 Å². The van der Waals surface area contributed by atoms with Crippen LogP contribution in [0, 0.1) is 0 Å². The third-order valence-electron chi connectivity index (χ3n) is 10.4. The van der Waals surface area contributed by atoms with E-state index in [1.54, 1.807) is 43.4 Å². The van der Waals surface area contributed by atoms with Crippen LogP contribution in [-0.2, 0) is 51.5 Å². The third kappa shape index (κ3) is 66.1. The molecule has 0 aliphatic carbocycles. The van der Waals surface area contributed by atoms with Crippen LogP contribution >= 0.6 is 0 Å².